The first-order valence-electron chi connectivity index (χ1n) is 12.1. The molecule has 3 aromatic rings. The van der Waals surface area contributed by atoms with E-state index >= 15 is 4.39 Å². The number of sulfonamides is 1. The number of anilines is 1. The highest BCUT2D eigenvalue weighted by molar-refractivity contribution is 7.92. The molecule has 1 aromatic heterocycles. The fourth-order valence-corrected chi connectivity index (χ4v) is 6.52. The molecule has 196 valence electrons. The van der Waals surface area contributed by atoms with Crippen molar-refractivity contribution in [1.82, 2.24) is 20.2 Å². The summed E-state index contributed by atoms with van der Waals surface area (Å²) in [7, 11) is -2.95. The second-order valence-electron chi connectivity index (χ2n) is 10.1. The van der Waals surface area contributed by atoms with Gasteiger partial charge in [-0.2, -0.15) is 4.68 Å². The van der Waals surface area contributed by atoms with Crippen LogP contribution in [0.3, 0.4) is 0 Å². The number of rotatable bonds is 8. The lowest BCUT2D eigenvalue weighted by molar-refractivity contribution is 0.0600. The number of halogens is 1. The highest BCUT2D eigenvalue weighted by Gasteiger charge is 2.42. The Morgan fingerprint density at radius 2 is 1.97 bits per heavy atom. The van der Waals surface area contributed by atoms with Crippen LogP contribution in [-0.2, 0) is 14.8 Å². The first-order chi connectivity index (χ1) is 17.6. The zero-order valence-corrected chi connectivity index (χ0v) is 21.6. The van der Waals surface area contributed by atoms with E-state index in [4.69, 9.17) is 9.47 Å². The Morgan fingerprint density at radius 1 is 1.19 bits per heavy atom. The van der Waals surface area contributed by atoms with E-state index in [1.807, 2.05) is 0 Å². The molecule has 37 heavy (non-hydrogen) atoms. The summed E-state index contributed by atoms with van der Waals surface area (Å²) in [6.07, 6.45) is 4.96. The summed E-state index contributed by atoms with van der Waals surface area (Å²) in [6, 6.07) is 7.93. The minimum atomic E-state index is -4.18. The maximum atomic E-state index is 15.3. The van der Waals surface area contributed by atoms with Gasteiger partial charge in [0, 0.05) is 17.5 Å². The van der Waals surface area contributed by atoms with Crippen LogP contribution < -0.4 is 9.04 Å². The predicted molar refractivity (Wildman–Crippen MR) is 132 cm³/mol. The van der Waals surface area contributed by atoms with E-state index in [1.165, 1.54) is 54.1 Å². The number of methoxy groups -OCH3 is 1. The second-order valence-corrected chi connectivity index (χ2v) is 11.9. The van der Waals surface area contributed by atoms with Gasteiger partial charge in [0.2, 0.25) is 0 Å². The van der Waals surface area contributed by atoms with Gasteiger partial charge in [-0.15, -0.1) is 5.10 Å². The van der Waals surface area contributed by atoms with Crippen LogP contribution in [-0.4, -0.2) is 53.8 Å². The number of benzene rings is 2. The first-order valence-corrected chi connectivity index (χ1v) is 13.5. The van der Waals surface area contributed by atoms with Gasteiger partial charge in [-0.25, -0.2) is 17.6 Å². The van der Waals surface area contributed by atoms with E-state index in [9.17, 15) is 13.2 Å². The van der Waals surface area contributed by atoms with E-state index in [2.05, 4.69) is 29.4 Å². The van der Waals surface area contributed by atoms with Crippen LogP contribution in [0.5, 0.6) is 5.75 Å². The van der Waals surface area contributed by atoms with Crippen LogP contribution in [0.2, 0.25) is 0 Å². The summed E-state index contributed by atoms with van der Waals surface area (Å²) in [5.41, 5.74) is 0.139. The van der Waals surface area contributed by atoms with E-state index in [-0.39, 0.29) is 45.1 Å². The van der Waals surface area contributed by atoms with Crippen LogP contribution in [0.1, 0.15) is 56.3 Å². The molecule has 2 saturated carbocycles. The number of carbonyl (C=O) groups excluding carboxylic acids is 1. The SMILES string of the molecule is COC(=O)c1cccc(S(=O)(=O)N(c2cc(-n3cnnn3)c(F)cc2O[C@@H]2CCCC2(C)C)C2CC2)c1. The third-order valence-electron chi connectivity index (χ3n) is 6.98. The van der Waals surface area contributed by atoms with E-state index in [0.717, 1.165) is 23.9 Å². The number of carbonyl (C=O) groups is 1. The standard InChI is InChI=1S/C25H28FN5O5S/c1-25(2)11-5-8-23(25)36-22-13-19(26)20(30-15-27-28-29-30)14-21(22)31(17-9-10-17)37(33,34)18-7-4-6-16(12-18)24(32)35-3/h4,6-7,12-15,17,23H,5,8-11H2,1-3H3/t23-/m1/s1. The van der Waals surface area contributed by atoms with Crippen molar-refractivity contribution in [2.24, 2.45) is 5.41 Å². The van der Waals surface area contributed by atoms with Gasteiger partial charge in [-0.1, -0.05) is 19.9 Å². The van der Waals surface area contributed by atoms with Crippen molar-refractivity contribution in [2.45, 2.75) is 63.0 Å². The van der Waals surface area contributed by atoms with Crippen molar-refractivity contribution >= 4 is 21.7 Å². The van der Waals surface area contributed by atoms with Crippen molar-refractivity contribution < 1.29 is 27.1 Å². The van der Waals surface area contributed by atoms with Crippen LogP contribution in [0.4, 0.5) is 10.1 Å². The minimum Gasteiger partial charge on any atom is -0.488 e. The fourth-order valence-electron chi connectivity index (χ4n) is 4.76. The molecule has 12 heteroatoms. The quantitative estimate of drug-likeness (QED) is 0.404. The van der Waals surface area contributed by atoms with Crippen molar-refractivity contribution in [3.05, 3.63) is 54.1 Å². The molecule has 1 heterocycles. The maximum Gasteiger partial charge on any atom is 0.337 e. The number of ether oxygens (including phenoxy) is 2. The summed E-state index contributed by atoms with van der Waals surface area (Å²) in [6.45, 7) is 4.17. The molecule has 2 aromatic carbocycles. The number of esters is 1. The summed E-state index contributed by atoms with van der Waals surface area (Å²) in [4.78, 5) is 12.0. The third-order valence-corrected chi connectivity index (χ3v) is 8.84. The number of aromatic nitrogens is 4. The molecule has 0 N–H and O–H groups in total. The van der Waals surface area contributed by atoms with Gasteiger partial charge in [0.15, 0.2) is 5.82 Å². The van der Waals surface area contributed by atoms with E-state index in [0.29, 0.717) is 12.8 Å². The van der Waals surface area contributed by atoms with Crippen LogP contribution in [0.25, 0.3) is 5.69 Å². The summed E-state index contributed by atoms with van der Waals surface area (Å²) in [5, 5.41) is 10.9. The zero-order chi connectivity index (χ0) is 26.4. The van der Waals surface area contributed by atoms with E-state index in [1.54, 1.807) is 0 Å². The fraction of sp³-hybridized carbons (Fsp3) is 0.440. The van der Waals surface area contributed by atoms with Crippen LogP contribution >= 0.6 is 0 Å². The molecule has 10 nitrogen and oxygen atoms in total. The van der Waals surface area contributed by atoms with Gasteiger partial charge < -0.3 is 9.47 Å². The summed E-state index contributed by atoms with van der Waals surface area (Å²) in [5.74, 6) is -1.16. The Hall–Kier alpha value is -3.54. The maximum absolute atomic E-state index is 15.3. The van der Waals surface area contributed by atoms with Crippen molar-refractivity contribution in [3.8, 4) is 11.4 Å². The highest BCUT2D eigenvalue weighted by Crippen LogP contribution is 2.46. The molecular formula is C25H28FN5O5S. The third kappa shape index (κ3) is 4.77. The normalized spacial score (nSPS) is 19.0. The molecule has 2 fully saturated rings. The molecule has 2 aliphatic rings. The van der Waals surface area contributed by atoms with Gasteiger partial charge >= 0.3 is 5.97 Å². The summed E-state index contributed by atoms with van der Waals surface area (Å²) >= 11 is 0. The average molecular weight is 530 g/mol. The molecule has 0 radical (unpaired) electrons. The monoisotopic (exact) mass is 529 g/mol. The molecule has 0 aliphatic heterocycles. The first kappa shape index (κ1) is 25.1. The van der Waals surface area contributed by atoms with Crippen molar-refractivity contribution in [1.29, 1.82) is 0 Å². The number of hydrogen-bond donors (Lipinski definition) is 0. The summed E-state index contributed by atoms with van der Waals surface area (Å²) < 4.78 is 57.0. The smallest absolute Gasteiger partial charge is 0.337 e. The Labute approximate surface area is 214 Å². The topological polar surface area (TPSA) is 117 Å². The van der Waals surface area contributed by atoms with E-state index < -0.39 is 21.8 Å². The lowest BCUT2D eigenvalue weighted by atomic mass is 9.89. The molecule has 0 spiro atoms. The largest absolute Gasteiger partial charge is 0.488 e. The van der Waals surface area contributed by atoms with Crippen LogP contribution in [0, 0.1) is 11.2 Å². The number of tetrazole rings is 1. The lowest BCUT2D eigenvalue weighted by Crippen LogP contribution is -2.35. The lowest BCUT2D eigenvalue weighted by Gasteiger charge is -2.31. The van der Waals surface area contributed by atoms with Crippen molar-refractivity contribution in [2.75, 3.05) is 11.4 Å². The molecular weight excluding hydrogens is 501 g/mol. The van der Waals surface area contributed by atoms with Crippen LogP contribution in [0.15, 0.2) is 47.6 Å². The molecule has 2 aliphatic carbocycles. The predicted octanol–water partition coefficient (Wildman–Crippen LogP) is 3.90. The van der Waals surface area contributed by atoms with Gasteiger partial charge in [0.25, 0.3) is 10.0 Å². The molecule has 5 rings (SSSR count). The molecule has 0 bridgehead atoms. The average Bonchev–Trinajstić information content (AvgIpc) is 3.42. The Morgan fingerprint density at radius 3 is 2.59 bits per heavy atom. The minimum absolute atomic E-state index is 0.0119. The van der Waals surface area contributed by atoms with Gasteiger partial charge in [0.05, 0.1) is 23.3 Å². The number of nitrogens with zero attached hydrogens (tertiary/aromatic N) is 5. The van der Waals surface area contributed by atoms with Gasteiger partial charge in [-0.05, 0) is 66.8 Å². The molecule has 1 atom stereocenters. The van der Waals surface area contributed by atoms with Crippen molar-refractivity contribution in [3.63, 3.8) is 0 Å². The molecule has 0 unspecified atom stereocenters. The Kier molecular flexibility index (Phi) is 6.38. The Bertz CT molecular complexity index is 1420. The number of hydrogen-bond acceptors (Lipinski definition) is 8. The zero-order valence-electron chi connectivity index (χ0n) is 20.8. The van der Waals surface area contributed by atoms with Gasteiger partial charge in [0.1, 0.15) is 23.9 Å². The second kappa shape index (κ2) is 9.40. The molecule has 0 saturated heterocycles. The van der Waals surface area contributed by atoms with Gasteiger partial charge in [-0.3, -0.25) is 4.31 Å². The Balaban J connectivity index is 1.66. The highest BCUT2D eigenvalue weighted by atomic mass is 32.2. The molecule has 0 amide bonds.